The lowest BCUT2D eigenvalue weighted by Crippen LogP contribution is -2.32. The van der Waals surface area contributed by atoms with E-state index in [0.29, 0.717) is 5.56 Å². The number of nitrogens with one attached hydrogen (secondary N) is 2. The van der Waals surface area contributed by atoms with E-state index in [2.05, 4.69) is 10.4 Å². The summed E-state index contributed by atoms with van der Waals surface area (Å²) in [6, 6.07) is 11.3. The third kappa shape index (κ3) is 4.14. The molecule has 22 heavy (non-hydrogen) atoms. The molecule has 2 amide bonds. The minimum atomic E-state index is -0.990. The highest BCUT2D eigenvalue weighted by atomic mass is 19.1. The lowest BCUT2D eigenvalue weighted by atomic mass is 10.2. The zero-order chi connectivity index (χ0) is 15.9. The highest BCUT2D eigenvalue weighted by Gasteiger charge is 2.12. The average Bonchev–Trinajstić information content (AvgIpc) is 2.51. The molecule has 0 bridgehead atoms. The van der Waals surface area contributed by atoms with Gasteiger partial charge in [0.25, 0.3) is 0 Å². The van der Waals surface area contributed by atoms with Gasteiger partial charge < -0.3 is 10.4 Å². The van der Waals surface area contributed by atoms with Gasteiger partial charge in [0, 0.05) is 11.3 Å². The Bertz CT molecular complexity index is 714. The lowest BCUT2D eigenvalue weighted by Gasteiger charge is -2.03. The van der Waals surface area contributed by atoms with Gasteiger partial charge >= 0.3 is 11.8 Å². The van der Waals surface area contributed by atoms with Crippen LogP contribution in [0.2, 0.25) is 0 Å². The number of phenolic OH excluding ortho intramolecular Hbond substituents is 1. The molecular formula is C15H12FN3O3. The van der Waals surface area contributed by atoms with Crippen molar-refractivity contribution in [2.24, 2.45) is 5.10 Å². The molecule has 0 saturated heterocycles. The Morgan fingerprint density at radius 1 is 1.05 bits per heavy atom. The van der Waals surface area contributed by atoms with E-state index in [1.54, 1.807) is 18.2 Å². The minimum absolute atomic E-state index is 0.00346. The standard InChI is InChI=1S/C15H12FN3O3/c16-11-5-7-12(8-6-11)18-14(21)15(22)19-17-9-10-3-1-2-4-13(10)20/h1-9,20H,(H,18,21)(H,19,22)/b17-9+. The second-order valence-corrected chi connectivity index (χ2v) is 4.22. The number of aromatic hydroxyl groups is 1. The fraction of sp³-hybridized carbons (Fsp3) is 0. The SMILES string of the molecule is O=C(N/N=C/c1ccccc1O)C(=O)Nc1ccc(F)cc1. The van der Waals surface area contributed by atoms with E-state index in [4.69, 9.17) is 0 Å². The number of carbonyl (C=O) groups excluding carboxylic acids is 2. The van der Waals surface area contributed by atoms with E-state index in [0.717, 1.165) is 12.1 Å². The summed E-state index contributed by atoms with van der Waals surface area (Å²) in [6.07, 6.45) is 1.21. The first-order chi connectivity index (χ1) is 10.6. The summed E-state index contributed by atoms with van der Waals surface area (Å²) in [5.41, 5.74) is 2.70. The number of hydrazone groups is 1. The first-order valence-corrected chi connectivity index (χ1v) is 6.24. The minimum Gasteiger partial charge on any atom is -0.507 e. The van der Waals surface area contributed by atoms with Crippen LogP contribution in [0.1, 0.15) is 5.56 Å². The molecule has 0 fully saturated rings. The van der Waals surface area contributed by atoms with Crippen molar-refractivity contribution in [1.29, 1.82) is 0 Å². The number of amides is 2. The maximum absolute atomic E-state index is 12.7. The van der Waals surface area contributed by atoms with E-state index in [1.807, 2.05) is 5.43 Å². The Morgan fingerprint density at radius 2 is 1.73 bits per heavy atom. The molecule has 0 spiro atoms. The van der Waals surface area contributed by atoms with Crippen LogP contribution in [0.3, 0.4) is 0 Å². The Balaban J connectivity index is 1.90. The molecule has 0 aromatic heterocycles. The Morgan fingerprint density at radius 3 is 2.41 bits per heavy atom. The molecule has 2 aromatic carbocycles. The third-order valence-corrected chi connectivity index (χ3v) is 2.61. The predicted octanol–water partition coefficient (Wildman–Crippen LogP) is 1.62. The zero-order valence-electron chi connectivity index (χ0n) is 11.3. The van der Waals surface area contributed by atoms with Crippen molar-refractivity contribution in [3.63, 3.8) is 0 Å². The van der Waals surface area contributed by atoms with Gasteiger partial charge in [-0.15, -0.1) is 0 Å². The molecule has 2 aromatic rings. The molecule has 0 radical (unpaired) electrons. The van der Waals surface area contributed by atoms with Crippen molar-refractivity contribution in [2.45, 2.75) is 0 Å². The summed E-state index contributed by atoms with van der Waals surface area (Å²) >= 11 is 0. The number of hydrogen-bond acceptors (Lipinski definition) is 4. The molecule has 112 valence electrons. The number of nitrogens with zero attached hydrogens (tertiary/aromatic N) is 1. The second-order valence-electron chi connectivity index (χ2n) is 4.22. The van der Waals surface area contributed by atoms with Gasteiger partial charge in [-0.25, -0.2) is 9.82 Å². The number of carbonyl (C=O) groups is 2. The molecule has 0 saturated carbocycles. The average molecular weight is 301 g/mol. The number of benzene rings is 2. The molecule has 0 aliphatic rings. The largest absolute Gasteiger partial charge is 0.507 e. The quantitative estimate of drug-likeness (QED) is 0.457. The number of hydrogen-bond donors (Lipinski definition) is 3. The van der Waals surface area contributed by atoms with E-state index >= 15 is 0 Å². The molecule has 0 aliphatic heterocycles. The summed E-state index contributed by atoms with van der Waals surface area (Å²) < 4.78 is 12.7. The maximum Gasteiger partial charge on any atom is 0.329 e. The fourth-order valence-corrected chi connectivity index (χ4v) is 1.53. The first-order valence-electron chi connectivity index (χ1n) is 6.24. The van der Waals surface area contributed by atoms with E-state index in [-0.39, 0.29) is 11.4 Å². The van der Waals surface area contributed by atoms with E-state index in [9.17, 15) is 19.1 Å². The Hall–Kier alpha value is -3.22. The van der Waals surface area contributed by atoms with Crippen LogP contribution in [0, 0.1) is 5.82 Å². The van der Waals surface area contributed by atoms with Gasteiger partial charge in [-0.1, -0.05) is 12.1 Å². The van der Waals surface area contributed by atoms with Crippen LogP contribution in [0.5, 0.6) is 5.75 Å². The van der Waals surface area contributed by atoms with Gasteiger partial charge in [0.1, 0.15) is 11.6 Å². The van der Waals surface area contributed by atoms with Gasteiger partial charge in [-0.05, 0) is 36.4 Å². The van der Waals surface area contributed by atoms with Crippen LogP contribution in [0.15, 0.2) is 53.6 Å². The van der Waals surface area contributed by atoms with Crippen molar-refractivity contribution in [3.8, 4) is 5.75 Å². The van der Waals surface area contributed by atoms with Crippen molar-refractivity contribution in [1.82, 2.24) is 5.43 Å². The Kier molecular flexibility index (Phi) is 4.81. The highest BCUT2D eigenvalue weighted by molar-refractivity contribution is 6.39. The number of para-hydroxylation sites is 1. The molecule has 2 rings (SSSR count). The van der Waals surface area contributed by atoms with Crippen LogP contribution in [0.4, 0.5) is 10.1 Å². The highest BCUT2D eigenvalue weighted by Crippen LogP contribution is 2.12. The molecule has 0 unspecified atom stereocenters. The van der Waals surface area contributed by atoms with Crippen molar-refractivity contribution in [2.75, 3.05) is 5.32 Å². The molecular weight excluding hydrogens is 289 g/mol. The fourth-order valence-electron chi connectivity index (χ4n) is 1.53. The van der Waals surface area contributed by atoms with Crippen LogP contribution in [-0.2, 0) is 9.59 Å². The first kappa shape index (κ1) is 15.2. The Labute approximate surface area is 125 Å². The maximum atomic E-state index is 12.7. The van der Waals surface area contributed by atoms with E-state index in [1.165, 1.54) is 24.4 Å². The van der Waals surface area contributed by atoms with Gasteiger partial charge in [0.05, 0.1) is 6.21 Å². The van der Waals surface area contributed by atoms with Crippen LogP contribution >= 0.6 is 0 Å². The number of rotatable bonds is 3. The normalized spacial score (nSPS) is 10.4. The molecule has 0 atom stereocenters. The number of halogens is 1. The summed E-state index contributed by atoms with van der Waals surface area (Å²) in [6.45, 7) is 0. The molecule has 3 N–H and O–H groups in total. The van der Waals surface area contributed by atoms with Gasteiger partial charge in [-0.2, -0.15) is 5.10 Å². The van der Waals surface area contributed by atoms with Crippen molar-refractivity contribution >= 4 is 23.7 Å². The topological polar surface area (TPSA) is 90.8 Å². The summed E-state index contributed by atoms with van der Waals surface area (Å²) in [7, 11) is 0. The van der Waals surface area contributed by atoms with Crippen molar-refractivity contribution < 1.29 is 19.1 Å². The van der Waals surface area contributed by atoms with Gasteiger partial charge in [0.15, 0.2) is 0 Å². The molecule has 0 heterocycles. The van der Waals surface area contributed by atoms with Gasteiger partial charge in [0.2, 0.25) is 0 Å². The summed E-state index contributed by atoms with van der Waals surface area (Å²) in [5, 5.41) is 15.4. The lowest BCUT2D eigenvalue weighted by molar-refractivity contribution is -0.136. The molecule has 6 nitrogen and oxygen atoms in total. The van der Waals surface area contributed by atoms with E-state index < -0.39 is 17.6 Å². The van der Waals surface area contributed by atoms with Gasteiger partial charge in [-0.3, -0.25) is 9.59 Å². The van der Waals surface area contributed by atoms with Crippen LogP contribution in [-0.4, -0.2) is 23.1 Å². The zero-order valence-corrected chi connectivity index (χ0v) is 11.3. The smallest absolute Gasteiger partial charge is 0.329 e. The number of anilines is 1. The summed E-state index contributed by atoms with van der Waals surface area (Å²) in [5.74, 6) is -2.39. The predicted molar refractivity (Wildman–Crippen MR) is 78.9 cm³/mol. The van der Waals surface area contributed by atoms with Crippen LogP contribution in [0.25, 0.3) is 0 Å². The molecule has 7 heteroatoms. The molecule has 0 aliphatic carbocycles. The number of phenols is 1. The second kappa shape index (κ2) is 6.98. The van der Waals surface area contributed by atoms with Crippen LogP contribution < -0.4 is 10.7 Å². The van der Waals surface area contributed by atoms with Crippen molar-refractivity contribution in [3.05, 3.63) is 59.9 Å². The summed E-state index contributed by atoms with van der Waals surface area (Å²) in [4.78, 5) is 23.1. The third-order valence-electron chi connectivity index (χ3n) is 2.61. The monoisotopic (exact) mass is 301 g/mol.